The summed E-state index contributed by atoms with van der Waals surface area (Å²) >= 11 is 0. The summed E-state index contributed by atoms with van der Waals surface area (Å²) in [6.07, 6.45) is 3.12. The van der Waals surface area contributed by atoms with Crippen LogP contribution in [-0.4, -0.2) is 56.6 Å². The van der Waals surface area contributed by atoms with Crippen LogP contribution in [0.2, 0.25) is 0 Å². The minimum Gasteiger partial charge on any atom is -0.415 e. The number of benzene rings is 1. The van der Waals surface area contributed by atoms with Crippen LogP contribution in [0.5, 0.6) is 0 Å². The number of hydrogen-bond acceptors (Lipinski definition) is 7. The number of esters is 1. The largest absolute Gasteiger partial charge is 0.415 e. The number of aliphatic hydroxyl groups is 1. The number of hydrogen-bond donors (Lipinski definition) is 1. The Hall–Kier alpha value is -3.11. The van der Waals surface area contributed by atoms with Gasteiger partial charge < -0.3 is 21.8 Å². The van der Waals surface area contributed by atoms with Gasteiger partial charge in [-0.3, -0.25) is 18.6 Å². The minimum atomic E-state index is -0.707. The number of aliphatic hydroxyl groups excluding tert-OH is 1. The monoisotopic (exact) mass is 556 g/mol. The van der Waals surface area contributed by atoms with Gasteiger partial charge in [0.1, 0.15) is 17.7 Å². The van der Waals surface area contributed by atoms with Crippen molar-refractivity contribution in [3.8, 4) is 0 Å². The summed E-state index contributed by atoms with van der Waals surface area (Å²) in [7, 11) is 0. The molecule has 2 aliphatic rings. The number of carbonyl (C=O) groups is 1. The van der Waals surface area contributed by atoms with Gasteiger partial charge in [0, 0.05) is 60.9 Å². The van der Waals surface area contributed by atoms with Gasteiger partial charge in [0.2, 0.25) is 6.73 Å². The highest BCUT2D eigenvalue weighted by Gasteiger charge is 2.38. The Morgan fingerprint density at radius 2 is 2.02 bits per heavy atom. The molecule has 0 saturated carbocycles. The highest BCUT2D eigenvalue weighted by atomic mass is 19.1. The van der Waals surface area contributed by atoms with Crippen LogP contribution in [-0.2, 0) is 22.5 Å². The van der Waals surface area contributed by atoms with Gasteiger partial charge in [-0.25, -0.2) is 9.37 Å². The Bertz CT molecular complexity index is 1410. The second kappa shape index (κ2) is 12.2. The van der Waals surface area contributed by atoms with Gasteiger partial charge in [-0.1, -0.05) is 19.0 Å². The molecule has 10 heteroatoms. The topological polar surface area (TPSA) is 107 Å². The lowest BCUT2D eigenvalue weighted by Crippen LogP contribution is -2.55. The molecule has 0 aliphatic carbocycles. The first-order valence-corrected chi connectivity index (χ1v) is 14.0. The summed E-state index contributed by atoms with van der Waals surface area (Å²) in [5, 5.41) is 15.4. The van der Waals surface area contributed by atoms with Gasteiger partial charge in [0.15, 0.2) is 5.58 Å². The minimum absolute atomic E-state index is 0. The third kappa shape index (κ3) is 6.12. The maximum atomic E-state index is 13.6. The number of carbonyl (C=O) groups excluding carboxylic acids is 1. The molecule has 1 unspecified atom stereocenters. The van der Waals surface area contributed by atoms with Crippen LogP contribution in [0.25, 0.3) is 11.0 Å². The van der Waals surface area contributed by atoms with Gasteiger partial charge >= 0.3 is 5.97 Å². The van der Waals surface area contributed by atoms with E-state index in [9.17, 15) is 19.1 Å². The number of aryl methyl sites for hydroxylation is 1. The first kappa shape index (κ1) is 29.9. The number of piperidine rings is 1. The predicted octanol–water partition coefficient (Wildman–Crippen LogP) is 4.59. The fourth-order valence-corrected chi connectivity index (χ4v) is 6.03. The van der Waals surface area contributed by atoms with Crippen molar-refractivity contribution in [1.82, 2.24) is 14.7 Å². The van der Waals surface area contributed by atoms with E-state index < -0.39 is 6.10 Å². The standard InChI is InChI=1S/C29H38FN4O5.CH3/c1-18(2)15-26(36)38-17-34(14-10-22-19(3)31-28-24(35)5-4-11-33(28)29(22)37)12-8-20(9-13-34)27-23-7-6-21(30)16-25(23)39-32-27;/h6-7,16,18,20,24,35H,4-5,8-15,17H2,1-3H3;1H3/q+1;-1. The second-order valence-electron chi connectivity index (χ2n) is 11.6. The van der Waals surface area contributed by atoms with Crippen molar-refractivity contribution < 1.29 is 28.0 Å². The van der Waals surface area contributed by atoms with Crippen molar-refractivity contribution >= 4 is 16.9 Å². The molecule has 1 N–H and O–H groups in total. The predicted molar refractivity (Wildman–Crippen MR) is 149 cm³/mol. The van der Waals surface area contributed by atoms with Gasteiger partial charge in [-0.15, -0.1) is 0 Å². The summed E-state index contributed by atoms with van der Waals surface area (Å²) < 4.78 is 27.0. The summed E-state index contributed by atoms with van der Waals surface area (Å²) in [4.78, 5) is 30.4. The third-order valence-electron chi connectivity index (χ3n) is 8.32. The number of likely N-dealkylation sites (tertiary alicyclic amines) is 1. The van der Waals surface area contributed by atoms with Crippen LogP contribution < -0.4 is 5.56 Å². The molecule has 3 aromatic rings. The fourth-order valence-electron chi connectivity index (χ4n) is 6.03. The molecule has 1 fully saturated rings. The third-order valence-corrected chi connectivity index (χ3v) is 8.32. The van der Waals surface area contributed by atoms with Gasteiger partial charge in [0.25, 0.3) is 5.56 Å². The van der Waals surface area contributed by atoms with E-state index in [4.69, 9.17) is 9.26 Å². The molecule has 5 rings (SSSR count). The van der Waals surface area contributed by atoms with E-state index in [0.29, 0.717) is 59.5 Å². The molecule has 4 heterocycles. The lowest BCUT2D eigenvalue weighted by atomic mass is 9.90. The molecule has 2 aliphatic heterocycles. The van der Waals surface area contributed by atoms with Crippen LogP contribution in [0.4, 0.5) is 4.39 Å². The molecule has 1 saturated heterocycles. The Morgan fingerprint density at radius 3 is 2.75 bits per heavy atom. The van der Waals surface area contributed by atoms with E-state index >= 15 is 0 Å². The zero-order valence-electron chi connectivity index (χ0n) is 24.0. The van der Waals surface area contributed by atoms with E-state index in [0.717, 1.165) is 43.4 Å². The van der Waals surface area contributed by atoms with E-state index in [1.54, 1.807) is 10.6 Å². The number of ether oxygens (including phenoxy) is 1. The Morgan fingerprint density at radius 1 is 1.27 bits per heavy atom. The maximum absolute atomic E-state index is 13.6. The van der Waals surface area contributed by atoms with E-state index in [1.165, 1.54) is 12.1 Å². The average molecular weight is 557 g/mol. The number of halogens is 1. The van der Waals surface area contributed by atoms with Gasteiger partial charge in [-0.05, 0) is 37.8 Å². The molecular weight excluding hydrogens is 515 g/mol. The zero-order chi connectivity index (χ0) is 27.7. The van der Waals surface area contributed by atoms with Crippen LogP contribution >= 0.6 is 0 Å². The van der Waals surface area contributed by atoms with Crippen LogP contribution in [0.1, 0.15) is 80.7 Å². The molecule has 0 amide bonds. The fraction of sp³-hybridized carbons (Fsp3) is 0.567. The maximum Gasteiger partial charge on any atom is 0.310 e. The van der Waals surface area contributed by atoms with E-state index in [2.05, 4.69) is 10.1 Å². The molecule has 9 nitrogen and oxygen atoms in total. The molecule has 1 atom stereocenters. The number of aromatic nitrogens is 3. The Labute approximate surface area is 234 Å². The van der Waals surface area contributed by atoms with Gasteiger partial charge in [-0.2, -0.15) is 0 Å². The zero-order valence-corrected chi connectivity index (χ0v) is 24.0. The quantitative estimate of drug-likeness (QED) is 0.246. The van der Waals surface area contributed by atoms with Crippen molar-refractivity contribution in [3.63, 3.8) is 0 Å². The van der Waals surface area contributed by atoms with Crippen molar-refractivity contribution in [2.75, 3.05) is 26.4 Å². The average Bonchev–Trinajstić information content (AvgIpc) is 3.31. The van der Waals surface area contributed by atoms with E-state index in [-0.39, 0.29) is 43.3 Å². The number of rotatable bonds is 8. The lowest BCUT2D eigenvalue weighted by molar-refractivity contribution is -0.948. The molecule has 2 aromatic heterocycles. The van der Waals surface area contributed by atoms with Crippen molar-refractivity contribution in [2.24, 2.45) is 5.92 Å². The van der Waals surface area contributed by atoms with Crippen molar-refractivity contribution in [3.05, 3.63) is 64.6 Å². The summed E-state index contributed by atoms with van der Waals surface area (Å²) in [6.45, 7) is 8.74. The molecule has 218 valence electrons. The smallest absolute Gasteiger partial charge is 0.310 e. The highest BCUT2D eigenvalue weighted by Crippen LogP contribution is 2.35. The van der Waals surface area contributed by atoms with Crippen molar-refractivity contribution in [1.29, 1.82) is 0 Å². The Kier molecular flexibility index (Phi) is 9.09. The van der Waals surface area contributed by atoms with Crippen LogP contribution in [0.3, 0.4) is 0 Å². The molecule has 0 radical (unpaired) electrons. The highest BCUT2D eigenvalue weighted by molar-refractivity contribution is 5.79. The van der Waals surface area contributed by atoms with Gasteiger partial charge in [0.05, 0.1) is 25.3 Å². The molecule has 0 spiro atoms. The lowest BCUT2D eigenvalue weighted by Gasteiger charge is -2.42. The first-order valence-electron chi connectivity index (χ1n) is 14.0. The molecule has 1 aromatic carbocycles. The normalized spacial score (nSPS) is 22.6. The Balaban J connectivity index is 0.00000370. The number of fused-ring (bicyclic) bond motifs is 2. The summed E-state index contributed by atoms with van der Waals surface area (Å²) in [5.74, 6) is 0.245. The van der Waals surface area contributed by atoms with Crippen molar-refractivity contribution in [2.45, 2.75) is 77.9 Å². The number of nitrogens with zero attached hydrogens (tertiary/aromatic N) is 4. The molecule has 0 bridgehead atoms. The number of quaternary nitrogens is 1. The van der Waals surface area contributed by atoms with Crippen LogP contribution in [0.15, 0.2) is 27.5 Å². The summed E-state index contributed by atoms with van der Waals surface area (Å²) in [6, 6.07) is 4.50. The van der Waals surface area contributed by atoms with Crippen LogP contribution in [0, 0.1) is 26.1 Å². The SMILES string of the molecule is Cc1nc2n(c(=O)c1CC[N+]1(COC(=O)CC(C)C)CCC(c3noc4cc(F)ccc34)CC1)CCCC2O.[CH3-]. The summed E-state index contributed by atoms with van der Waals surface area (Å²) in [5.41, 5.74) is 2.51. The second-order valence-corrected chi connectivity index (χ2v) is 11.6. The molecular formula is C30H41FN4O5. The van der Waals surface area contributed by atoms with E-state index in [1.807, 2.05) is 20.8 Å². The first-order chi connectivity index (χ1) is 18.7. The molecule has 40 heavy (non-hydrogen) atoms.